The Morgan fingerprint density at radius 3 is 2.50 bits per heavy atom. The molecule has 148 valence electrons. The fourth-order valence-electron chi connectivity index (χ4n) is 4.66. The number of rotatable bonds is 4. The van der Waals surface area contributed by atoms with Crippen molar-refractivity contribution in [1.82, 2.24) is 19.3 Å². The van der Waals surface area contributed by atoms with Gasteiger partial charge in [-0.15, -0.1) is 0 Å². The van der Waals surface area contributed by atoms with Crippen LogP contribution >= 0.6 is 0 Å². The molecule has 5 rings (SSSR count). The number of anilines is 1. The van der Waals surface area contributed by atoms with Gasteiger partial charge in [0.25, 0.3) is 11.1 Å². The predicted molar refractivity (Wildman–Crippen MR) is 107 cm³/mol. The molecule has 0 amide bonds. The van der Waals surface area contributed by atoms with Crippen LogP contribution in [-0.2, 0) is 12.8 Å². The van der Waals surface area contributed by atoms with Crippen LogP contribution in [0.15, 0.2) is 28.0 Å². The minimum absolute atomic E-state index is 0.0142. The van der Waals surface area contributed by atoms with Crippen molar-refractivity contribution < 1.29 is 0 Å². The van der Waals surface area contributed by atoms with E-state index in [4.69, 9.17) is 5.10 Å². The van der Waals surface area contributed by atoms with E-state index < -0.39 is 0 Å². The Kier molecular flexibility index (Phi) is 4.53. The lowest BCUT2D eigenvalue weighted by atomic mass is 9.91. The fourth-order valence-corrected chi connectivity index (χ4v) is 4.66. The Morgan fingerprint density at radius 1 is 0.964 bits per heavy atom. The Bertz CT molecular complexity index is 983. The normalized spacial score (nSPS) is 24.6. The molecule has 2 aromatic rings. The number of hydrogen-bond donors (Lipinski definition) is 1. The highest BCUT2D eigenvalue weighted by molar-refractivity contribution is 5.33. The third-order valence-corrected chi connectivity index (χ3v) is 6.42. The molecular formula is C21H27N5O2. The summed E-state index contributed by atoms with van der Waals surface area (Å²) in [6.07, 6.45) is 13.6. The topological polar surface area (TPSA) is 81.8 Å². The van der Waals surface area contributed by atoms with Gasteiger partial charge in [-0.1, -0.05) is 0 Å². The molecule has 1 N–H and O–H groups in total. The summed E-state index contributed by atoms with van der Waals surface area (Å²) in [5.74, 6) is 0.460. The smallest absolute Gasteiger partial charge is 0.293 e. The molecule has 2 heterocycles. The van der Waals surface area contributed by atoms with Crippen LogP contribution in [0.4, 0.5) is 5.82 Å². The van der Waals surface area contributed by atoms with E-state index in [1.807, 2.05) is 0 Å². The molecule has 2 aromatic heterocycles. The molecule has 0 saturated heterocycles. The maximum Gasteiger partial charge on any atom is 0.293 e. The fraction of sp³-hybridized carbons (Fsp3) is 0.619. The van der Waals surface area contributed by atoms with E-state index in [2.05, 4.69) is 10.3 Å². The van der Waals surface area contributed by atoms with Gasteiger partial charge in [-0.05, 0) is 69.8 Å². The first kappa shape index (κ1) is 17.6. The van der Waals surface area contributed by atoms with Gasteiger partial charge in [0.05, 0.1) is 11.7 Å². The first-order valence-corrected chi connectivity index (χ1v) is 10.6. The molecule has 3 aliphatic rings. The molecule has 7 heteroatoms. The van der Waals surface area contributed by atoms with Crippen LogP contribution < -0.4 is 16.4 Å². The van der Waals surface area contributed by atoms with E-state index in [1.165, 1.54) is 0 Å². The van der Waals surface area contributed by atoms with Crippen molar-refractivity contribution in [2.24, 2.45) is 0 Å². The number of fused-ring (bicyclic) bond motifs is 1. The van der Waals surface area contributed by atoms with Crippen molar-refractivity contribution in [1.29, 1.82) is 0 Å². The van der Waals surface area contributed by atoms with Gasteiger partial charge in [-0.25, -0.2) is 9.67 Å². The predicted octanol–water partition coefficient (Wildman–Crippen LogP) is 2.61. The quantitative estimate of drug-likeness (QED) is 0.880. The number of aryl methyl sites for hydroxylation is 2. The molecule has 0 aromatic carbocycles. The maximum absolute atomic E-state index is 12.6. The molecule has 28 heavy (non-hydrogen) atoms. The highest BCUT2D eigenvalue weighted by atomic mass is 16.1. The molecule has 7 nitrogen and oxygen atoms in total. The summed E-state index contributed by atoms with van der Waals surface area (Å²) in [6, 6.07) is 2.54. The summed E-state index contributed by atoms with van der Waals surface area (Å²) in [4.78, 5) is 29.4. The minimum Gasteiger partial charge on any atom is -0.363 e. The van der Waals surface area contributed by atoms with Crippen molar-refractivity contribution in [3.8, 4) is 0 Å². The summed E-state index contributed by atoms with van der Waals surface area (Å²) in [5, 5.41) is 8.07. The molecule has 0 spiro atoms. The second-order valence-electron chi connectivity index (χ2n) is 8.48. The van der Waals surface area contributed by atoms with Crippen LogP contribution in [0.3, 0.4) is 0 Å². The summed E-state index contributed by atoms with van der Waals surface area (Å²) in [7, 11) is 0. The van der Waals surface area contributed by atoms with Crippen molar-refractivity contribution in [2.75, 3.05) is 5.32 Å². The number of nitrogens with zero attached hydrogens (tertiary/aromatic N) is 4. The zero-order chi connectivity index (χ0) is 19.1. The standard InChI is InChI=1S/C21H27N5O2/c27-19-13-14-3-1-2-4-18(14)24-26(19)17-7-5-15(6-8-17)23-20-21(28)25(12-11-22-20)16-9-10-16/h11-13,15-17H,1-10H2,(H,22,23). The average molecular weight is 381 g/mol. The van der Waals surface area contributed by atoms with E-state index in [9.17, 15) is 9.59 Å². The third kappa shape index (κ3) is 3.38. The van der Waals surface area contributed by atoms with E-state index >= 15 is 0 Å². The highest BCUT2D eigenvalue weighted by Gasteiger charge is 2.28. The van der Waals surface area contributed by atoms with Gasteiger partial charge < -0.3 is 9.88 Å². The van der Waals surface area contributed by atoms with Crippen LogP contribution in [0.25, 0.3) is 0 Å². The van der Waals surface area contributed by atoms with Gasteiger partial charge in [0, 0.05) is 30.5 Å². The zero-order valence-corrected chi connectivity index (χ0v) is 16.1. The van der Waals surface area contributed by atoms with Crippen LogP contribution in [0.5, 0.6) is 0 Å². The van der Waals surface area contributed by atoms with Crippen LogP contribution in [-0.4, -0.2) is 25.4 Å². The Labute approximate surface area is 163 Å². The lowest BCUT2D eigenvalue weighted by molar-refractivity contribution is 0.300. The Hall–Kier alpha value is -2.44. The van der Waals surface area contributed by atoms with Crippen LogP contribution in [0.1, 0.15) is 74.7 Å². The number of hydrogen-bond acceptors (Lipinski definition) is 5. The largest absolute Gasteiger partial charge is 0.363 e. The van der Waals surface area contributed by atoms with E-state index in [0.29, 0.717) is 11.9 Å². The van der Waals surface area contributed by atoms with Crippen molar-refractivity contribution >= 4 is 5.82 Å². The zero-order valence-electron chi connectivity index (χ0n) is 16.1. The van der Waals surface area contributed by atoms with Crippen LogP contribution in [0.2, 0.25) is 0 Å². The first-order valence-electron chi connectivity index (χ1n) is 10.6. The number of nitrogens with one attached hydrogen (secondary N) is 1. The molecule has 0 aliphatic heterocycles. The van der Waals surface area contributed by atoms with Gasteiger partial charge >= 0.3 is 0 Å². The molecule has 2 fully saturated rings. The molecule has 0 bridgehead atoms. The van der Waals surface area contributed by atoms with E-state index in [1.54, 1.807) is 27.7 Å². The van der Waals surface area contributed by atoms with E-state index in [0.717, 1.165) is 75.5 Å². The molecule has 0 unspecified atom stereocenters. The average Bonchev–Trinajstić information content (AvgIpc) is 3.55. The Balaban J connectivity index is 1.27. The summed E-state index contributed by atoms with van der Waals surface area (Å²) >= 11 is 0. The molecule has 2 saturated carbocycles. The third-order valence-electron chi connectivity index (χ3n) is 6.42. The monoisotopic (exact) mass is 381 g/mol. The molecule has 0 radical (unpaired) electrons. The Morgan fingerprint density at radius 2 is 1.71 bits per heavy atom. The molecule has 3 aliphatic carbocycles. The van der Waals surface area contributed by atoms with Crippen molar-refractivity contribution in [3.63, 3.8) is 0 Å². The lowest BCUT2D eigenvalue weighted by Crippen LogP contribution is -2.36. The SMILES string of the molecule is O=c1c(NC2CCC(n3nc4c(cc3=O)CCCC4)CC2)nccn1C1CC1. The summed E-state index contributed by atoms with van der Waals surface area (Å²) in [5.41, 5.74) is 2.28. The lowest BCUT2D eigenvalue weighted by Gasteiger charge is -2.30. The molecular weight excluding hydrogens is 354 g/mol. The second kappa shape index (κ2) is 7.18. The first-order chi connectivity index (χ1) is 13.7. The van der Waals surface area contributed by atoms with Gasteiger partial charge in [0.1, 0.15) is 0 Å². The highest BCUT2D eigenvalue weighted by Crippen LogP contribution is 2.33. The maximum atomic E-state index is 12.6. The van der Waals surface area contributed by atoms with Crippen molar-refractivity contribution in [3.05, 3.63) is 50.4 Å². The molecule has 0 atom stereocenters. The van der Waals surface area contributed by atoms with Gasteiger partial charge in [-0.3, -0.25) is 9.59 Å². The van der Waals surface area contributed by atoms with Gasteiger partial charge in [0.2, 0.25) is 0 Å². The minimum atomic E-state index is -0.0142. The van der Waals surface area contributed by atoms with Gasteiger partial charge in [-0.2, -0.15) is 5.10 Å². The summed E-state index contributed by atoms with van der Waals surface area (Å²) < 4.78 is 3.53. The van der Waals surface area contributed by atoms with Crippen LogP contribution in [0, 0.1) is 0 Å². The number of aromatic nitrogens is 4. The summed E-state index contributed by atoms with van der Waals surface area (Å²) in [6.45, 7) is 0. The van der Waals surface area contributed by atoms with Gasteiger partial charge in [0.15, 0.2) is 5.82 Å². The van der Waals surface area contributed by atoms with E-state index in [-0.39, 0.29) is 23.2 Å². The second-order valence-corrected chi connectivity index (χ2v) is 8.48. The van der Waals surface area contributed by atoms with Crippen molar-refractivity contribution in [2.45, 2.75) is 82.3 Å².